The summed E-state index contributed by atoms with van der Waals surface area (Å²) in [5, 5.41) is 15.1. The highest BCUT2D eigenvalue weighted by Gasteiger charge is 2.37. The number of hydrogen-bond acceptors (Lipinski definition) is 6. The second-order valence-electron chi connectivity index (χ2n) is 9.73. The SMILES string of the molecule is Cc1cc(O)cc(C)c1C[C@H](N)C(=O)N[C@H](C)C(=O)N[C@@H]1C(=O)N(CC(N)=O)Cc2ccccc2[C@H]1C. The molecule has 0 aromatic heterocycles. The molecule has 2 aromatic carbocycles. The van der Waals surface area contributed by atoms with Crippen molar-refractivity contribution in [2.75, 3.05) is 6.54 Å². The number of nitrogens with two attached hydrogens (primary N) is 2. The predicted molar refractivity (Wildman–Crippen MR) is 138 cm³/mol. The highest BCUT2D eigenvalue weighted by molar-refractivity contribution is 5.94. The maximum atomic E-state index is 13.3. The van der Waals surface area contributed by atoms with Crippen LogP contribution in [0.4, 0.5) is 0 Å². The van der Waals surface area contributed by atoms with Crippen LogP contribution in [0.5, 0.6) is 5.75 Å². The van der Waals surface area contributed by atoms with E-state index in [4.69, 9.17) is 11.5 Å². The van der Waals surface area contributed by atoms with E-state index in [2.05, 4.69) is 10.6 Å². The number of nitrogens with one attached hydrogen (secondary N) is 2. The first kappa shape index (κ1) is 27.7. The quantitative estimate of drug-likeness (QED) is 0.347. The van der Waals surface area contributed by atoms with E-state index < -0.39 is 41.8 Å². The maximum Gasteiger partial charge on any atom is 0.246 e. The summed E-state index contributed by atoms with van der Waals surface area (Å²) in [6.07, 6.45) is 0.231. The third-order valence-corrected chi connectivity index (χ3v) is 6.82. The Morgan fingerprint density at radius 1 is 1.14 bits per heavy atom. The van der Waals surface area contributed by atoms with Gasteiger partial charge in [-0.3, -0.25) is 19.2 Å². The van der Waals surface area contributed by atoms with E-state index in [0.29, 0.717) is 0 Å². The molecular formula is C27H35N5O5. The zero-order chi connectivity index (χ0) is 27.4. The van der Waals surface area contributed by atoms with Crippen molar-refractivity contribution in [1.29, 1.82) is 0 Å². The van der Waals surface area contributed by atoms with Gasteiger partial charge in [-0.15, -0.1) is 0 Å². The molecule has 0 fully saturated rings. The van der Waals surface area contributed by atoms with E-state index in [0.717, 1.165) is 27.8 Å². The summed E-state index contributed by atoms with van der Waals surface area (Å²) in [7, 11) is 0. The number of phenolic OH excluding ortho intramolecular Hbond substituents is 1. The minimum Gasteiger partial charge on any atom is -0.508 e. The van der Waals surface area contributed by atoms with Gasteiger partial charge in [0.05, 0.1) is 12.6 Å². The Balaban J connectivity index is 1.71. The molecule has 0 unspecified atom stereocenters. The van der Waals surface area contributed by atoms with Crippen LogP contribution < -0.4 is 22.1 Å². The number of aryl methyl sites for hydroxylation is 2. The summed E-state index contributed by atoms with van der Waals surface area (Å²) >= 11 is 0. The monoisotopic (exact) mass is 509 g/mol. The number of hydrogen-bond donors (Lipinski definition) is 5. The largest absolute Gasteiger partial charge is 0.508 e. The molecule has 0 radical (unpaired) electrons. The lowest BCUT2D eigenvalue weighted by Crippen LogP contribution is -2.56. The smallest absolute Gasteiger partial charge is 0.246 e. The summed E-state index contributed by atoms with van der Waals surface area (Å²) in [5.74, 6) is -2.39. The zero-order valence-electron chi connectivity index (χ0n) is 21.6. The molecule has 1 aliphatic rings. The van der Waals surface area contributed by atoms with Gasteiger partial charge < -0.3 is 32.1 Å². The molecule has 3 rings (SSSR count). The van der Waals surface area contributed by atoms with E-state index in [1.54, 1.807) is 12.1 Å². The normalized spacial score (nSPS) is 18.8. The lowest BCUT2D eigenvalue weighted by atomic mass is 9.90. The molecule has 0 spiro atoms. The van der Waals surface area contributed by atoms with Gasteiger partial charge in [0.1, 0.15) is 17.8 Å². The zero-order valence-corrected chi connectivity index (χ0v) is 21.6. The highest BCUT2D eigenvalue weighted by Crippen LogP contribution is 2.29. The van der Waals surface area contributed by atoms with Crippen LogP contribution in [0.25, 0.3) is 0 Å². The Morgan fingerprint density at radius 2 is 1.76 bits per heavy atom. The fraction of sp³-hybridized carbons (Fsp3) is 0.407. The number of phenols is 1. The van der Waals surface area contributed by atoms with Crippen LogP contribution in [0.1, 0.15) is 47.6 Å². The average Bonchev–Trinajstić information content (AvgIpc) is 2.91. The van der Waals surface area contributed by atoms with Crippen molar-refractivity contribution in [1.82, 2.24) is 15.5 Å². The van der Waals surface area contributed by atoms with Crippen molar-refractivity contribution in [2.24, 2.45) is 11.5 Å². The van der Waals surface area contributed by atoms with Gasteiger partial charge in [-0.25, -0.2) is 0 Å². The molecule has 7 N–H and O–H groups in total. The topological polar surface area (TPSA) is 168 Å². The van der Waals surface area contributed by atoms with Gasteiger partial charge in [0.25, 0.3) is 0 Å². The van der Waals surface area contributed by atoms with Gasteiger partial charge in [0.15, 0.2) is 0 Å². The Hall–Kier alpha value is -3.92. The number of carbonyl (C=O) groups is 4. The lowest BCUT2D eigenvalue weighted by Gasteiger charge is -2.28. The average molecular weight is 510 g/mol. The van der Waals surface area contributed by atoms with Gasteiger partial charge >= 0.3 is 0 Å². The molecule has 4 amide bonds. The van der Waals surface area contributed by atoms with E-state index in [9.17, 15) is 24.3 Å². The lowest BCUT2D eigenvalue weighted by molar-refractivity contribution is -0.140. The first-order valence-electron chi connectivity index (χ1n) is 12.2. The van der Waals surface area contributed by atoms with Gasteiger partial charge in [-0.2, -0.15) is 0 Å². The van der Waals surface area contributed by atoms with Crippen molar-refractivity contribution < 1.29 is 24.3 Å². The molecule has 0 bridgehead atoms. The van der Waals surface area contributed by atoms with Crippen LogP contribution in [0.2, 0.25) is 0 Å². The van der Waals surface area contributed by atoms with Crippen LogP contribution in [-0.2, 0) is 32.1 Å². The van der Waals surface area contributed by atoms with Crippen LogP contribution >= 0.6 is 0 Å². The molecule has 1 heterocycles. The van der Waals surface area contributed by atoms with Crippen molar-refractivity contribution in [3.8, 4) is 5.75 Å². The van der Waals surface area contributed by atoms with Crippen molar-refractivity contribution in [2.45, 2.75) is 64.7 Å². The number of carbonyl (C=O) groups excluding carboxylic acids is 4. The van der Waals surface area contributed by atoms with Crippen LogP contribution in [-0.4, -0.2) is 58.3 Å². The predicted octanol–water partition coefficient (Wildman–Crippen LogP) is 0.500. The van der Waals surface area contributed by atoms with E-state index in [1.165, 1.54) is 11.8 Å². The molecule has 10 heteroatoms. The third kappa shape index (κ3) is 6.45. The molecule has 198 valence electrons. The molecule has 1 aliphatic heterocycles. The molecule has 0 saturated carbocycles. The molecule has 10 nitrogen and oxygen atoms in total. The Kier molecular flexibility index (Phi) is 8.54. The van der Waals surface area contributed by atoms with Crippen LogP contribution in [0.15, 0.2) is 36.4 Å². The Bertz CT molecular complexity index is 1190. The minimum atomic E-state index is -0.969. The number of amides is 4. The van der Waals surface area contributed by atoms with Crippen LogP contribution in [0.3, 0.4) is 0 Å². The van der Waals surface area contributed by atoms with E-state index in [1.807, 2.05) is 45.0 Å². The Morgan fingerprint density at radius 3 is 2.38 bits per heavy atom. The summed E-state index contributed by atoms with van der Waals surface area (Å²) < 4.78 is 0. The van der Waals surface area contributed by atoms with Crippen molar-refractivity contribution in [3.63, 3.8) is 0 Å². The standard InChI is InChI=1S/C27H35N5O5/c1-14-9-19(33)10-15(2)21(14)11-22(28)26(36)30-17(4)25(35)31-24-16(3)20-8-6-5-7-18(20)12-32(27(24)37)13-23(29)34/h5-10,16-17,22,24,33H,11-13,28H2,1-4H3,(H2,29,34)(H,30,36)(H,31,35)/t16-,17-,22+,24+/m1/s1. The highest BCUT2D eigenvalue weighted by atomic mass is 16.3. The molecule has 0 saturated heterocycles. The Labute approximate surface area is 216 Å². The molecule has 37 heavy (non-hydrogen) atoms. The summed E-state index contributed by atoms with van der Waals surface area (Å²) in [6.45, 7) is 6.92. The maximum absolute atomic E-state index is 13.3. The van der Waals surface area contributed by atoms with Crippen molar-refractivity contribution in [3.05, 3.63) is 64.2 Å². The third-order valence-electron chi connectivity index (χ3n) is 6.82. The van der Waals surface area contributed by atoms with E-state index in [-0.39, 0.29) is 31.2 Å². The number of rotatable bonds is 8. The van der Waals surface area contributed by atoms with Gasteiger partial charge in [-0.05, 0) is 67.1 Å². The number of benzene rings is 2. The van der Waals surface area contributed by atoms with Gasteiger partial charge in [0, 0.05) is 12.5 Å². The minimum absolute atomic E-state index is 0.140. The van der Waals surface area contributed by atoms with Crippen molar-refractivity contribution >= 4 is 23.6 Å². The second-order valence-corrected chi connectivity index (χ2v) is 9.73. The fourth-order valence-electron chi connectivity index (χ4n) is 4.77. The van der Waals surface area contributed by atoms with Crippen LogP contribution in [0, 0.1) is 13.8 Å². The number of nitrogens with zero attached hydrogens (tertiary/aromatic N) is 1. The van der Waals surface area contributed by atoms with Gasteiger partial charge in [0.2, 0.25) is 23.6 Å². The molecule has 0 aliphatic carbocycles. The first-order chi connectivity index (χ1) is 17.4. The van der Waals surface area contributed by atoms with Gasteiger partial charge in [-0.1, -0.05) is 31.2 Å². The number of fused-ring (bicyclic) bond motifs is 1. The summed E-state index contributed by atoms with van der Waals surface area (Å²) in [6, 6.07) is 7.82. The second kappa shape index (κ2) is 11.4. The molecule has 4 atom stereocenters. The first-order valence-corrected chi connectivity index (χ1v) is 12.2. The number of aromatic hydroxyl groups is 1. The van der Waals surface area contributed by atoms with E-state index >= 15 is 0 Å². The fourth-order valence-corrected chi connectivity index (χ4v) is 4.77. The molecule has 2 aromatic rings. The summed E-state index contributed by atoms with van der Waals surface area (Å²) in [5.41, 5.74) is 15.7. The summed E-state index contributed by atoms with van der Waals surface area (Å²) in [4.78, 5) is 52.1. The molecular weight excluding hydrogens is 474 g/mol. The number of primary amides is 1.